The fraction of sp³-hybridized carbons (Fsp3) is 0.0909. The predicted octanol–water partition coefficient (Wildman–Crippen LogP) is 4.25. The lowest BCUT2D eigenvalue weighted by Gasteiger charge is -2.07. The lowest BCUT2D eigenvalue weighted by Crippen LogP contribution is -2.19. The van der Waals surface area contributed by atoms with Gasteiger partial charge in [-0.3, -0.25) is 4.79 Å². The molecule has 0 spiro atoms. The summed E-state index contributed by atoms with van der Waals surface area (Å²) in [4.78, 5) is 13.3. The summed E-state index contributed by atoms with van der Waals surface area (Å²) >= 11 is 1.30. The predicted molar refractivity (Wildman–Crippen MR) is 113 cm³/mol. The number of fused-ring (bicyclic) bond motifs is 2. The van der Waals surface area contributed by atoms with Crippen molar-refractivity contribution in [2.75, 3.05) is 0 Å². The number of aromatic nitrogens is 4. The van der Waals surface area contributed by atoms with E-state index in [0.717, 1.165) is 27.6 Å². The van der Waals surface area contributed by atoms with Crippen molar-refractivity contribution in [2.24, 2.45) is 0 Å². The van der Waals surface area contributed by atoms with E-state index in [1.807, 2.05) is 73.7 Å². The topological polar surface area (TPSA) is 69.4 Å². The molecule has 0 aliphatic rings. The standard InChI is InChI=1S/C22H16N4O2S/c1-14-9-11-16(12-10-14)20-21(27)26-22(24-23-20)29-19(25-26)13-28-18-8-4-6-15-5-2-3-7-17(15)18/h2-12H,13H2,1H3. The first-order valence-corrected chi connectivity index (χ1v) is 9.94. The lowest BCUT2D eigenvalue weighted by molar-refractivity contribution is 0.307. The molecule has 29 heavy (non-hydrogen) atoms. The van der Waals surface area contributed by atoms with Gasteiger partial charge in [0, 0.05) is 10.9 Å². The zero-order valence-electron chi connectivity index (χ0n) is 15.6. The molecule has 3 aromatic carbocycles. The Morgan fingerprint density at radius 3 is 2.62 bits per heavy atom. The Bertz CT molecular complexity index is 1380. The first kappa shape index (κ1) is 17.5. The molecule has 2 aromatic heterocycles. The van der Waals surface area contributed by atoms with Crippen LogP contribution in [0.25, 0.3) is 27.0 Å². The van der Waals surface area contributed by atoms with Crippen LogP contribution in [0.5, 0.6) is 5.75 Å². The van der Waals surface area contributed by atoms with Crippen molar-refractivity contribution >= 4 is 27.1 Å². The molecule has 0 N–H and O–H groups in total. The van der Waals surface area contributed by atoms with Crippen molar-refractivity contribution in [1.82, 2.24) is 19.8 Å². The summed E-state index contributed by atoms with van der Waals surface area (Å²) in [5, 5.41) is 15.5. The van der Waals surface area contributed by atoms with E-state index < -0.39 is 0 Å². The van der Waals surface area contributed by atoms with Gasteiger partial charge in [-0.1, -0.05) is 77.6 Å². The van der Waals surface area contributed by atoms with Crippen molar-refractivity contribution in [3.8, 4) is 17.0 Å². The van der Waals surface area contributed by atoms with Gasteiger partial charge in [0.25, 0.3) is 0 Å². The van der Waals surface area contributed by atoms with Gasteiger partial charge in [0.2, 0.25) is 4.96 Å². The third-order valence-corrected chi connectivity index (χ3v) is 5.53. The molecule has 5 aromatic rings. The van der Waals surface area contributed by atoms with Crippen molar-refractivity contribution in [2.45, 2.75) is 13.5 Å². The molecule has 0 aliphatic heterocycles. The van der Waals surface area contributed by atoms with Crippen LogP contribution in [-0.2, 0) is 6.61 Å². The highest BCUT2D eigenvalue weighted by atomic mass is 32.1. The zero-order chi connectivity index (χ0) is 19.8. The van der Waals surface area contributed by atoms with Gasteiger partial charge < -0.3 is 4.74 Å². The summed E-state index contributed by atoms with van der Waals surface area (Å²) in [6, 6.07) is 21.6. The van der Waals surface area contributed by atoms with Crippen LogP contribution in [0.3, 0.4) is 0 Å². The van der Waals surface area contributed by atoms with Gasteiger partial charge in [-0.15, -0.1) is 10.2 Å². The maximum Gasteiger partial charge on any atom is 0.302 e. The number of nitrogens with zero attached hydrogens (tertiary/aromatic N) is 4. The number of aryl methyl sites for hydroxylation is 1. The van der Waals surface area contributed by atoms with E-state index in [2.05, 4.69) is 15.3 Å². The van der Waals surface area contributed by atoms with E-state index >= 15 is 0 Å². The molecular weight excluding hydrogens is 384 g/mol. The zero-order valence-corrected chi connectivity index (χ0v) is 16.4. The van der Waals surface area contributed by atoms with Gasteiger partial charge in [0.15, 0.2) is 10.7 Å². The first-order chi connectivity index (χ1) is 14.2. The van der Waals surface area contributed by atoms with Gasteiger partial charge >= 0.3 is 5.56 Å². The van der Waals surface area contributed by atoms with Crippen LogP contribution in [-0.4, -0.2) is 19.8 Å². The molecule has 0 radical (unpaired) electrons. The highest BCUT2D eigenvalue weighted by molar-refractivity contribution is 7.16. The second-order valence-electron chi connectivity index (χ2n) is 6.68. The fourth-order valence-electron chi connectivity index (χ4n) is 3.17. The molecular formula is C22H16N4O2S. The molecule has 0 amide bonds. The quantitative estimate of drug-likeness (QED) is 0.451. The number of hydrogen-bond acceptors (Lipinski definition) is 6. The summed E-state index contributed by atoms with van der Waals surface area (Å²) in [5.74, 6) is 0.779. The van der Waals surface area contributed by atoms with Crippen molar-refractivity contribution in [3.63, 3.8) is 0 Å². The molecule has 0 unspecified atom stereocenters. The monoisotopic (exact) mass is 400 g/mol. The lowest BCUT2D eigenvalue weighted by atomic mass is 10.1. The Morgan fingerprint density at radius 1 is 0.966 bits per heavy atom. The number of hydrogen-bond donors (Lipinski definition) is 0. The number of ether oxygens (including phenoxy) is 1. The molecule has 0 bridgehead atoms. The Balaban J connectivity index is 1.46. The maximum absolute atomic E-state index is 12.8. The van der Waals surface area contributed by atoms with Gasteiger partial charge in [-0.05, 0) is 18.4 Å². The Morgan fingerprint density at radius 2 is 1.76 bits per heavy atom. The van der Waals surface area contributed by atoms with Crippen molar-refractivity contribution < 1.29 is 4.74 Å². The minimum absolute atomic E-state index is 0.251. The maximum atomic E-state index is 12.8. The highest BCUT2D eigenvalue weighted by Crippen LogP contribution is 2.26. The third kappa shape index (κ3) is 3.25. The van der Waals surface area contributed by atoms with E-state index in [-0.39, 0.29) is 17.9 Å². The van der Waals surface area contributed by atoms with E-state index in [1.165, 1.54) is 15.9 Å². The minimum atomic E-state index is -0.286. The molecule has 0 atom stereocenters. The summed E-state index contributed by atoms with van der Waals surface area (Å²) in [7, 11) is 0. The van der Waals surface area contributed by atoms with E-state index in [9.17, 15) is 4.79 Å². The Hall–Kier alpha value is -3.58. The van der Waals surface area contributed by atoms with E-state index in [0.29, 0.717) is 9.97 Å². The Labute approximate surface area is 170 Å². The average molecular weight is 400 g/mol. The van der Waals surface area contributed by atoms with E-state index in [4.69, 9.17) is 4.74 Å². The normalized spacial score (nSPS) is 11.2. The van der Waals surface area contributed by atoms with Gasteiger partial charge in [0.1, 0.15) is 12.4 Å². The fourth-order valence-corrected chi connectivity index (χ4v) is 3.91. The molecule has 0 fully saturated rings. The van der Waals surface area contributed by atoms with Gasteiger partial charge in [0.05, 0.1) is 0 Å². The largest absolute Gasteiger partial charge is 0.486 e. The van der Waals surface area contributed by atoms with Crippen LogP contribution in [0.2, 0.25) is 0 Å². The van der Waals surface area contributed by atoms with Crippen LogP contribution in [0.4, 0.5) is 0 Å². The second kappa shape index (κ2) is 7.10. The van der Waals surface area contributed by atoms with Crippen molar-refractivity contribution in [1.29, 1.82) is 0 Å². The van der Waals surface area contributed by atoms with Crippen LogP contribution >= 0.6 is 11.3 Å². The van der Waals surface area contributed by atoms with Crippen LogP contribution < -0.4 is 10.3 Å². The summed E-state index contributed by atoms with van der Waals surface area (Å²) in [6.45, 7) is 2.25. The van der Waals surface area contributed by atoms with E-state index in [1.54, 1.807) is 0 Å². The van der Waals surface area contributed by atoms with Crippen LogP contribution in [0.1, 0.15) is 10.6 Å². The Kier molecular flexibility index (Phi) is 4.29. The molecule has 142 valence electrons. The van der Waals surface area contributed by atoms with Crippen molar-refractivity contribution in [3.05, 3.63) is 87.7 Å². The van der Waals surface area contributed by atoms with Gasteiger partial charge in [-0.2, -0.15) is 9.61 Å². The second-order valence-corrected chi connectivity index (χ2v) is 7.72. The summed E-state index contributed by atoms with van der Waals surface area (Å²) in [5.41, 5.74) is 1.84. The molecule has 7 heteroatoms. The summed E-state index contributed by atoms with van der Waals surface area (Å²) < 4.78 is 7.29. The van der Waals surface area contributed by atoms with Gasteiger partial charge in [-0.25, -0.2) is 0 Å². The summed E-state index contributed by atoms with van der Waals surface area (Å²) in [6.07, 6.45) is 0. The van der Waals surface area contributed by atoms with Crippen LogP contribution in [0, 0.1) is 6.92 Å². The number of rotatable bonds is 4. The average Bonchev–Trinajstić information content (AvgIpc) is 3.17. The molecule has 0 saturated carbocycles. The molecule has 0 aliphatic carbocycles. The molecule has 2 heterocycles. The molecule has 5 rings (SSSR count). The minimum Gasteiger partial charge on any atom is -0.486 e. The third-order valence-electron chi connectivity index (χ3n) is 4.66. The number of benzene rings is 3. The SMILES string of the molecule is Cc1ccc(-c2nnc3sc(COc4cccc5ccccc45)nn3c2=O)cc1. The van der Waals surface area contributed by atoms with Crippen LogP contribution in [0.15, 0.2) is 71.5 Å². The first-order valence-electron chi connectivity index (χ1n) is 9.12. The highest BCUT2D eigenvalue weighted by Gasteiger charge is 2.14. The molecule has 6 nitrogen and oxygen atoms in total. The smallest absolute Gasteiger partial charge is 0.302 e. The molecule has 0 saturated heterocycles.